The molecule has 0 aliphatic heterocycles. The first kappa shape index (κ1) is 20.1. The van der Waals surface area contributed by atoms with E-state index < -0.39 is 17.6 Å². The second-order valence-electron chi connectivity index (χ2n) is 6.76. The summed E-state index contributed by atoms with van der Waals surface area (Å²) in [6.07, 6.45) is -1.87. The molecule has 0 spiro atoms. The fraction of sp³-hybridized carbons (Fsp3) is 0.0952. The van der Waals surface area contributed by atoms with Crippen molar-refractivity contribution >= 4 is 34.2 Å². The minimum absolute atomic E-state index is 0.0417. The molecular formula is C21H13F3N4O3S. The average Bonchev–Trinajstić information content (AvgIpc) is 3.55. The Labute approximate surface area is 182 Å². The van der Waals surface area contributed by atoms with Crippen molar-refractivity contribution in [2.45, 2.75) is 12.7 Å². The molecule has 0 fully saturated rings. The van der Waals surface area contributed by atoms with E-state index in [-0.39, 0.29) is 23.7 Å². The van der Waals surface area contributed by atoms with Crippen LogP contribution in [0.3, 0.4) is 0 Å². The summed E-state index contributed by atoms with van der Waals surface area (Å²) >= 11 is 1.38. The number of carbonyl (C=O) groups excluding carboxylic acids is 1. The molecule has 162 valence electrons. The highest BCUT2D eigenvalue weighted by Crippen LogP contribution is 2.33. The van der Waals surface area contributed by atoms with Crippen molar-refractivity contribution in [3.8, 4) is 10.6 Å². The highest BCUT2D eigenvalue weighted by Gasteiger charge is 2.31. The normalized spacial score (nSPS) is 11.8. The predicted octanol–water partition coefficient (Wildman–Crippen LogP) is 5.67. The maximum Gasteiger partial charge on any atom is 0.416 e. The van der Waals surface area contributed by atoms with Gasteiger partial charge in [-0.1, -0.05) is 6.07 Å². The molecule has 0 aliphatic carbocycles. The quantitative estimate of drug-likeness (QED) is 0.367. The lowest BCUT2D eigenvalue weighted by Gasteiger charge is -2.09. The molecule has 0 radical (unpaired) electrons. The van der Waals surface area contributed by atoms with Gasteiger partial charge in [0.05, 0.1) is 34.3 Å². The Morgan fingerprint density at radius 3 is 2.75 bits per heavy atom. The fourth-order valence-corrected chi connectivity index (χ4v) is 3.98. The van der Waals surface area contributed by atoms with Gasteiger partial charge in [0.1, 0.15) is 5.76 Å². The number of aromatic nitrogens is 3. The predicted molar refractivity (Wildman–Crippen MR) is 110 cm³/mol. The Balaban J connectivity index is 1.55. The lowest BCUT2D eigenvalue weighted by atomic mass is 10.2. The number of anilines is 1. The maximum absolute atomic E-state index is 13.2. The summed E-state index contributed by atoms with van der Waals surface area (Å²) in [6, 6.07) is 10.2. The Bertz CT molecular complexity index is 1390. The lowest BCUT2D eigenvalue weighted by Crippen LogP contribution is -2.17. The molecule has 1 aromatic carbocycles. The third-order valence-corrected chi connectivity index (χ3v) is 5.59. The van der Waals surface area contributed by atoms with E-state index in [1.165, 1.54) is 23.7 Å². The number of rotatable bonds is 5. The minimum Gasteiger partial charge on any atom is -0.467 e. The molecule has 5 aromatic rings. The summed E-state index contributed by atoms with van der Waals surface area (Å²) in [7, 11) is 0. The molecule has 1 N–H and O–H groups in total. The van der Waals surface area contributed by atoms with Crippen LogP contribution < -0.4 is 5.32 Å². The second-order valence-corrected chi connectivity index (χ2v) is 7.71. The topological polar surface area (TPSA) is 86.1 Å². The summed E-state index contributed by atoms with van der Waals surface area (Å²) in [5.74, 6) is 0.293. The zero-order valence-corrected chi connectivity index (χ0v) is 16.9. The first-order valence-electron chi connectivity index (χ1n) is 9.29. The van der Waals surface area contributed by atoms with E-state index in [0.717, 1.165) is 18.5 Å². The van der Waals surface area contributed by atoms with E-state index in [1.807, 2.05) is 11.4 Å². The van der Waals surface area contributed by atoms with Crippen LogP contribution in [0.5, 0.6) is 0 Å². The summed E-state index contributed by atoms with van der Waals surface area (Å²) in [5, 5.41) is 4.48. The fourth-order valence-electron chi connectivity index (χ4n) is 3.27. The van der Waals surface area contributed by atoms with Crippen molar-refractivity contribution in [3.63, 3.8) is 0 Å². The zero-order chi connectivity index (χ0) is 22.3. The van der Waals surface area contributed by atoms with E-state index in [1.54, 1.807) is 22.8 Å². The largest absolute Gasteiger partial charge is 0.467 e. The van der Waals surface area contributed by atoms with Crippen LogP contribution in [0.25, 0.3) is 21.7 Å². The number of nitrogens with one attached hydrogen (secondary N) is 1. The molecule has 0 atom stereocenters. The van der Waals surface area contributed by atoms with E-state index in [0.29, 0.717) is 21.9 Å². The highest BCUT2D eigenvalue weighted by atomic mass is 32.1. The number of furan rings is 1. The zero-order valence-electron chi connectivity index (χ0n) is 16.1. The summed E-state index contributed by atoms with van der Waals surface area (Å²) in [6.45, 7) is 0.154. The van der Waals surface area contributed by atoms with Crippen molar-refractivity contribution in [3.05, 3.63) is 77.5 Å². The number of halogens is 3. The van der Waals surface area contributed by atoms with Gasteiger partial charge < -0.3 is 13.4 Å². The molecule has 0 saturated carbocycles. The van der Waals surface area contributed by atoms with E-state index in [4.69, 9.17) is 8.83 Å². The SMILES string of the molecule is O=C(Nc1nc2cc(C(F)(F)F)ccc2n1Cc1ccco1)c1ncoc1-c1cccs1. The number of imidazole rings is 1. The van der Waals surface area contributed by atoms with Crippen molar-refractivity contribution < 1.29 is 26.8 Å². The molecule has 0 bridgehead atoms. The van der Waals surface area contributed by atoms with Gasteiger partial charge in [0.25, 0.3) is 5.91 Å². The molecule has 7 nitrogen and oxygen atoms in total. The molecule has 11 heteroatoms. The van der Waals surface area contributed by atoms with Crippen LogP contribution in [0.2, 0.25) is 0 Å². The number of thiophene rings is 1. The van der Waals surface area contributed by atoms with Crippen molar-refractivity contribution in [2.75, 3.05) is 5.32 Å². The van der Waals surface area contributed by atoms with Gasteiger partial charge in [-0.15, -0.1) is 11.3 Å². The molecule has 1 amide bonds. The number of benzene rings is 1. The number of hydrogen-bond acceptors (Lipinski definition) is 6. The number of hydrogen-bond donors (Lipinski definition) is 1. The third-order valence-electron chi connectivity index (χ3n) is 4.72. The first-order chi connectivity index (χ1) is 15.4. The van der Waals surface area contributed by atoms with Gasteiger partial charge in [-0.25, -0.2) is 9.97 Å². The molecule has 0 unspecified atom stereocenters. The monoisotopic (exact) mass is 458 g/mol. The van der Waals surface area contributed by atoms with Crippen LogP contribution in [-0.2, 0) is 12.7 Å². The van der Waals surface area contributed by atoms with Gasteiger partial charge >= 0.3 is 6.18 Å². The van der Waals surface area contributed by atoms with Crippen LogP contribution in [0.1, 0.15) is 21.8 Å². The maximum atomic E-state index is 13.2. The van der Waals surface area contributed by atoms with Crippen LogP contribution in [0, 0.1) is 0 Å². The number of amides is 1. The number of nitrogens with zero attached hydrogens (tertiary/aromatic N) is 3. The Morgan fingerprint density at radius 1 is 1.16 bits per heavy atom. The highest BCUT2D eigenvalue weighted by molar-refractivity contribution is 7.13. The first-order valence-corrected chi connectivity index (χ1v) is 10.2. The smallest absolute Gasteiger partial charge is 0.416 e. The summed E-state index contributed by atoms with van der Waals surface area (Å²) < 4.78 is 51.8. The molecule has 5 rings (SSSR count). The van der Waals surface area contributed by atoms with Crippen LogP contribution >= 0.6 is 11.3 Å². The molecular weight excluding hydrogens is 445 g/mol. The van der Waals surface area contributed by atoms with Gasteiger partial charge in [-0.3, -0.25) is 10.1 Å². The number of fused-ring (bicyclic) bond motifs is 1. The minimum atomic E-state index is -4.52. The Morgan fingerprint density at radius 2 is 2.03 bits per heavy atom. The molecule has 4 aromatic heterocycles. The van der Waals surface area contributed by atoms with Crippen molar-refractivity contribution in [2.24, 2.45) is 0 Å². The van der Waals surface area contributed by atoms with Gasteiger partial charge in [-0.05, 0) is 41.8 Å². The Hall–Kier alpha value is -3.86. The lowest BCUT2D eigenvalue weighted by molar-refractivity contribution is -0.137. The van der Waals surface area contributed by atoms with Gasteiger partial charge in [0.15, 0.2) is 17.8 Å². The van der Waals surface area contributed by atoms with Gasteiger partial charge in [0, 0.05) is 0 Å². The molecule has 32 heavy (non-hydrogen) atoms. The molecule has 4 heterocycles. The van der Waals surface area contributed by atoms with E-state index >= 15 is 0 Å². The summed E-state index contributed by atoms with van der Waals surface area (Å²) in [5.41, 5.74) is -0.300. The van der Waals surface area contributed by atoms with Crippen LogP contribution in [-0.4, -0.2) is 20.4 Å². The van der Waals surface area contributed by atoms with Crippen LogP contribution in [0.4, 0.5) is 19.1 Å². The van der Waals surface area contributed by atoms with Crippen LogP contribution in [0.15, 0.2) is 69.3 Å². The number of carbonyl (C=O) groups is 1. The van der Waals surface area contributed by atoms with E-state index in [2.05, 4.69) is 15.3 Å². The average molecular weight is 458 g/mol. The van der Waals surface area contributed by atoms with Gasteiger partial charge in [0.2, 0.25) is 5.95 Å². The van der Waals surface area contributed by atoms with Crippen molar-refractivity contribution in [1.82, 2.24) is 14.5 Å². The number of oxazole rings is 1. The second kappa shape index (κ2) is 7.68. The Kier molecular flexibility index (Phi) is 4.82. The van der Waals surface area contributed by atoms with Crippen molar-refractivity contribution in [1.29, 1.82) is 0 Å². The summed E-state index contributed by atoms with van der Waals surface area (Å²) in [4.78, 5) is 21.9. The number of alkyl halides is 3. The third kappa shape index (κ3) is 3.66. The molecule has 0 aliphatic rings. The standard InChI is InChI=1S/C21H13F3N4O3S/c22-21(23,24)12-5-6-15-14(9-12)26-20(28(15)10-13-3-1-7-30-13)27-19(29)17-18(31-11-25-17)16-4-2-8-32-16/h1-9,11H,10H2,(H,26,27,29). The van der Waals surface area contributed by atoms with Gasteiger partial charge in [-0.2, -0.15) is 13.2 Å². The van der Waals surface area contributed by atoms with E-state index in [9.17, 15) is 18.0 Å². The molecule has 0 saturated heterocycles.